The van der Waals surface area contributed by atoms with Gasteiger partial charge in [-0.2, -0.15) is 0 Å². The molecular weight excluding hydrogens is 212 g/mol. The second-order valence-corrected chi connectivity index (χ2v) is 6.55. The first-order valence-electron chi connectivity index (χ1n) is 6.47. The van der Waals surface area contributed by atoms with E-state index >= 15 is 0 Å². The average molecular weight is 232 g/mol. The number of allylic oxidation sites excluding steroid dienone is 2. The fourth-order valence-corrected chi connectivity index (χ4v) is 4.18. The fourth-order valence-electron chi connectivity index (χ4n) is 4.18. The van der Waals surface area contributed by atoms with Crippen molar-refractivity contribution in [1.29, 1.82) is 0 Å². The lowest BCUT2D eigenvalue weighted by Gasteiger charge is -2.49. The molecule has 1 saturated carbocycles. The molecule has 0 amide bonds. The molecule has 0 N–H and O–H groups in total. The monoisotopic (exact) mass is 232 g/mol. The van der Waals surface area contributed by atoms with E-state index in [0.717, 1.165) is 18.4 Å². The highest BCUT2D eigenvalue weighted by Crippen LogP contribution is 2.61. The van der Waals surface area contributed by atoms with Crippen molar-refractivity contribution in [3.63, 3.8) is 0 Å². The summed E-state index contributed by atoms with van der Waals surface area (Å²) in [6.45, 7) is 8.84. The van der Waals surface area contributed by atoms with Gasteiger partial charge >= 0.3 is 5.97 Å². The highest BCUT2D eigenvalue weighted by atomic mass is 16.6. The van der Waals surface area contributed by atoms with Crippen molar-refractivity contribution in [3.8, 4) is 0 Å². The molecule has 1 aliphatic heterocycles. The quantitative estimate of drug-likeness (QED) is 0.599. The van der Waals surface area contributed by atoms with Crippen LogP contribution in [0.15, 0.2) is 23.3 Å². The molecule has 3 atom stereocenters. The van der Waals surface area contributed by atoms with Crippen LogP contribution in [0, 0.1) is 16.7 Å². The number of rotatable bonds is 0. The van der Waals surface area contributed by atoms with Gasteiger partial charge in [-0.25, -0.2) is 0 Å². The minimum Gasteiger partial charge on any atom is -0.461 e. The molecule has 0 aromatic rings. The van der Waals surface area contributed by atoms with Gasteiger partial charge in [0, 0.05) is 5.41 Å². The number of carbonyl (C=O) groups is 1. The molecule has 92 valence electrons. The Bertz CT molecular complexity index is 456. The molecule has 0 unspecified atom stereocenters. The molecule has 17 heavy (non-hydrogen) atoms. The summed E-state index contributed by atoms with van der Waals surface area (Å²) in [7, 11) is 0. The van der Waals surface area contributed by atoms with Crippen LogP contribution in [0.5, 0.6) is 0 Å². The van der Waals surface area contributed by atoms with Crippen molar-refractivity contribution >= 4 is 5.97 Å². The third-order valence-corrected chi connectivity index (χ3v) is 5.07. The lowest BCUT2D eigenvalue weighted by atomic mass is 9.53. The molecule has 1 saturated heterocycles. The van der Waals surface area contributed by atoms with E-state index in [9.17, 15) is 4.79 Å². The van der Waals surface area contributed by atoms with E-state index in [4.69, 9.17) is 4.74 Å². The summed E-state index contributed by atoms with van der Waals surface area (Å²) in [6.07, 6.45) is 6.53. The predicted molar refractivity (Wildman–Crippen MR) is 66.3 cm³/mol. The summed E-state index contributed by atoms with van der Waals surface area (Å²) in [4.78, 5) is 12.1. The Hall–Kier alpha value is -1.05. The Morgan fingerprint density at radius 1 is 1.29 bits per heavy atom. The molecule has 0 radical (unpaired) electrons. The maximum Gasteiger partial charge on any atom is 0.314 e. The maximum atomic E-state index is 12.1. The van der Waals surface area contributed by atoms with Gasteiger partial charge in [-0.05, 0) is 25.2 Å². The van der Waals surface area contributed by atoms with Crippen LogP contribution < -0.4 is 0 Å². The molecule has 2 aliphatic carbocycles. The zero-order valence-electron chi connectivity index (χ0n) is 11.0. The minimum absolute atomic E-state index is 0.0189. The minimum atomic E-state index is -0.0995. The van der Waals surface area contributed by atoms with Crippen LogP contribution in [0.25, 0.3) is 0 Å². The third-order valence-electron chi connectivity index (χ3n) is 5.07. The van der Waals surface area contributed by atoms with E-state index in [1.54, 1.807) is 0 Å². The van der Waals surface area contributed by atoms with Crippen molar-refractivity contribution in [2.45, 2.75) is 46.6 Å². The van der Waals surface area contributed by atoms with Crippen LogP contribution >= 0.6 is 0 Å². The van der Waals surface area contributed by atoms with Gasteiger partial charge in [-0.1, -0.05) is 44.1 Å². The smallest absolute Gasteiger partial charge is 0.314 e. The lowest BCUT2D eigenvalue weighted by molar-refractivity contribution is -0.144. The number of ether oxygens (including phenoxy) is 1. The molecule has 2 fully saturated rings. The topological polar surface area (TPSA) is 26.3 Å². The van der Waals surface area contributed by atoms with Crippen molar-refractivity contribution in [2.75, 3.05) is 0 Å². The summed E-state index contributed by atoms with van der Waals surface area (Å²) >= 11 is 0. The first-order chi connectivity index (χ1) is 7.87. The van der Waals surface area contributed by atoms with Crippen LogP contribution in [-0.4, -0.2) is 12.1 Å². The summed E-state index contributed by atoms with van der Waals surface area (Å²) in [5, 5.41) is 0. The molecule has 2 heteroatoms. The second kappa shape index (κ2) is 3.04. The Labute approximate surface area is 103 Å². The predicted octanol–water partition coefficient (Wildman–Crippen LogP) is 3.24. The normalized spacial score (nSPS) is 42.5. The lowest BCUT2D eigenvalue weighted by Crippen LogP contribution is -2.46. The summed E-state index contributed by atoms with van der Waals surface area (Å²) in [5.41, 5.74) is 2.65. The van der Waals surface area contributed by atoms with Crippen LogP contribution in [0.3, 0.4) is 0 Å². The van der Waals surface area contributed by atoms with Crippen LogP contribution in [0.4, 0.5) is 0 Å². The van der Waals surface area contributed by atoms with Crippen molar-refractivity contribution in [2.24, 2.45) is 16.7 Å². The molecule has 0 aromatic heterocycles. The van der Waals surface area contributed by atoms with Gasteiger partial charge in [0.2, 0.25) is 0 Å². The van der Waals surface area contributed by atoms with Crippen molar-refractivity contribution in [3.05, 3.63) is 23.3 Å². The molecule has 3 rings (SSSR count). The van der Waals surface area contributed by atoms with Crippen LogP contribution in [0.2, 0.25) is 0 Å². The molecular formula is C15H20O2. The number of esters is 1. The van der Waals surface area contributed by atoms with Gasteiger partial charge in [0.25, 0.3) is 0 Å². The molecule has 2 nitrogen and oxygen atoms in total. The molecule has 0 bridgehead atoms. The molecule has 0 spiro atoms. The molecule has 3 aliphatic rings. The third kappa shape index (κ3) is 1.19. The zero-order chi connectivity index (χ0) is 12.4. The van der Waals surface area contributed by atoms with Gasteiger partial charge in [-0.3, -0.25) is 4.79 Å². The molecule has 1 heterocycles. The standard InChI is InChI=1S/C15H20O2/c1-9-5-6-10-14(2,3)8-7-11-15(10,4)12(9)13(16)17-11/h5-6,11-12H,7-8H2,1-4H3/t11-,12-,15+/m0/s1. The van der Waals surface area contributed by atoms with E-state index in [1.807, 2.05) is 0 Å². The zero-order valence-corrected chi connectivity index (χ0v) is 11.0. The van der Waals surface area contributed by atoms with E-state index < -0.39 is 0 Å². The first-order valence-corrected chi connectivity index (χ1v) is 6.47. The van der Waals surface area contributed by atoms with E-state index in [1.165, 1.54) is 5.57 Å². The Balaban J connectivity index is 2.21. The average Bonchev–Trinajstić information content (AvgIpc) is 2.47. The van der Waals surface area contributed by atoms with Gasteiger partial charge in [-0.15, -0.1) is 0 Å². The van der Waals surface area contributed by atoms with E-state index in [0.29, 0.717) is 0 Å². The highest BCUT2D eigenvalue weighted by molar-refractivity contribution is 5.81. The van der Waals surface area contributed by atoms with Crippen molar-refractivity contribution < 1.29 is 9.53 Å². The summed E-state index contributed by atoms with van der Waals surface area (Å²) < 4.78 is 5.63. The molecule has 0 aromatic carbocycles. The SMILES string of the molecule is CC1=CC=C2C(C)(C)CC[C@@H]3OC(=O)[C@H]1[C@]23C. The fraction of sp³-hybridized carbons (Fsp3) is 0.667. The first kappa shape index (κ1) is 11.1. The van der Waals surface area contributed by atoms with Gasteiger partial charge in [0.1, 0.15) is 6.10 Å². The summed E-state index contributed by atoms with van der Waals surface area (Å²) in [5.74, 6) is -0.0679. The van der Waals surface area contributed by atoms with Crippen LogP contribution in [0.1, 0.15) is 40.5 Å². The van der Waals surface area contributed by atoms with Crippen LogP contribution in [-0.2, 0) is 9.53 Å². The number of carbonyl (C=O) groups excluding carboxylic acids is 1. The van der Waals surface area contributed by atoms with Crippen molar-refractivity contribution in [1.82, 2.24) is 0 Å². The summed E-state index contributed by atoms with van der Waals surface area (Å²) in [6, 6.07) is 0. The van der Waals surface area contributed by atoms with Gasteiger partial charge in [0.05, 0.1) is 5.92 Å². The Morgan fingerprint density at radius 2 is 2.00 bits per heavy atom. The van der Waals surface area contributed by atoms with E-state index in [-0.39, 0.29) is 28.8 Å². The van der Waals surface area contributed by atoms with E-state index in [2.05, 4.69) is 39.8 Å². The Morgan fingerprint density at radius 3 is 2.71 bits per heavy atom. The Kier molecular flexibility index (Phi) is 1.98. The number of hydrogen-bond donors (Lipinski definition) is 0. The van der Waals surface area contributed by atoms with Gasteiger partial charge < -0.3 is 4.74 Å². The maximum absolute atomic E-state index is 12.1. The second-order valence-electron chi connectivity index (χ2n) is 6.55. The van der Waals surface area contributed by atoms with Gasteiger partial charge in [0.15, 0.2) is 0 Å². The largest absolute Gasteiger partial charge is 0.461 e. The highest BCUT2D eigenvalue weighted by Gasteiger charge is 2.61. The number of hydrogen-bond acceptors (Lipinski definition) is 2.